The highest BCUT2D eigenvalue weighted by Crippen LogP contribution is 2.19. The van der Waals surface area contributed by atoms with E-state index in [1.54, 1.807) is 44.2 Å². The molecule has 0 saturated heterocycles. The second-order valence-electron chi connectivity index (χ2n) is 5.16. The number of rotatable bonds is 3. The normalized spacial score (nSPS) is 10.6. The molecule has 0 aliphatic rings. The van der Waals surface area contributed by atoms with E-state index in [1.807, 2.05) is 0 Å². The molecule has 0 unspecified atom stereocenters. The zero-order valence-corrected chi connectivity index (χ0v) is 12.6. The van der Waals surface area contributed by atoms with E-state index in [-0.39, 0.29) is 11.6 Å². The van der Waals surface area contributed by atoms with Crippen molar-refractivity contribution in [3.8, 4) is 11.5 Å². The van der Waals surface area contributed by atoms with Crippen LogP contribution in [0.4, 0.5) is 10.1 Å². The molecule has 0 atom stereocenters. The van der Waals surface area contributed by atoms with Crippen molar-refractivity contribution in [2.45, 2.75) is 13.8 Å². The average Bonchev–Trinajstić information content (AvgIpc) is 2.97. The molecule has 0 fully saturated rings. The summed E-state index contributed by atoms with van der Waals surface area (Å²) in [4.78, 5) is 16.3. The number of anilines is 1. The Hall–Kier alpha value is -3.02. The number of amides is 1. The number of aromatic nitrogens is 2. The number of carbonyl (C=O) groups is 1. The van der Waals surface area contributed by atoms with Crippen LogP contribution in [0, 0.1) is 19.7 Å². The van der Waals surface area contributed by atoms with Crippen LogP contribution in [0.3, 0.4) is 0 Å². The van der Waals surface area contributed by atoms with Gasteiger partial charge in [0.1, 0.15) is 5.82 Å². The van der Waals surface area contributed by atoms with Crippen molar-refractivity contribution in [3.05, 3.63) is 65.2 Å². The zero-order chi connectivity index (χ0) is 16.4. The van der Waals surface area contributed by atoms with Gasteiger partial charge in [-0.2, -0.15) is 4.98 Å². The van der Waals surface area contributed by atoms with Gasteiger partial charge in [0, 0.05) is 11.1 Å². The van der Waals surface area contributed by atoms with Crippen molar-refractivity contribution in [1.82, 2.24) is 10.1 Å². The fraction of sp³-hybridized carbons (Fsp3) is 0.118. The first-order valence-electron chi connectivity index (χ1n) is 7.01. The second-order valence-corrected chi connectivity index (χ2v) is 5.16. The quantitative estimate of drug-likeness (QED) is 0.800. The molecule has 1 heterocycles. The standard InChI is InChI=1S/C17H14FN3O2/c1-10-3-8-15(14(18)9-10)20-16(22)12-4-6-13(7-5-12)17-19-11(2)21-23-17/h3-9H,1-2H3,(H,20,22). The number of nitrogens with one attached hydrogen (secondary N) is 1. The van der Waals surface area contributed by atoms with Crippen LogP contribution in [0.15, 0.2) is 47.0 Å². The topological polar surface area (TPSA) is 68.0 Å². The molecule has 1 amide bonds. The van der Waals surface area contributed by atoms with Crippen LogP contribution in [0.25, 0.3) is 11.5 Å². The third kappa shape index (κ3) is 3.26. The highest BCUT2D eigenvalue weighted by atomic mass is 19.1. The van der Waals surface area contributed by atoms with E-state index in [2.05, 4.69) is 15.5 Å². The molecule has 23 heavy (non-hydrogen) atoms. The van der Waals surface area contributed by atoms with E-state index in [9.17, 15) is 9.18 Å². The van der Waals surface area contributed by atoms with Gasteiger partial charge < -0.3 is 9.84 Å². The summed E-state index contributed by atoms with van der Waals surface area (Å²) in [6.45, 7) is 3.51. The predicted octanol–water partition coefficient (Wildman–Crippen LogP) is 3.74. The third-order valence-electron chi connectivity index (χ3n) is 3.29. The molecule has 0 aliphatic carbocycles. The Balaban J connectivity index is 1.77. The fourth-order valence-corrected chi connectivity index (χ4v) is 2.09. The molecule has 1 N–H and O–H groups in total. The largest absolute Gasteiger partial charge is 0.334 e. The predicted molar refractivity (Wildman–Crippen MR) is 83.6 cm³/mol. The van der Waals surface area contributed by atoms with Gasteiger partial charge in [0.15, 0.2) is 5.82 Å². The lowest BCUT2D eigenvalue weighted by atomic mass is 10.1. The number of aryl methyl sites for hydroxylation is 2. The minimum Gasteiger partial charge on any atom is -0.334 e. The van der Waals surface area contributed by atoms with Gasteiger partial charge in [-0.05, 0) is 55.8 Å². The van der Waals surface area contributed by atoms with Crippen LogP contribution >= 0.6 is 0 Å². The maximum atomic E-state index is 13.8. The van der Waals surface area contributed by atoms with E-state index < -0.39 is 5.82 Å². The molecular weight excluding hydrogens is 297 g/mol. The number of hydrogen-bond acceptors (Lipinski definition) is 4. The lowest BCUT2D eigenvalue weighted by Crippen LogP contribution is -2.12. The Kier molecular flexibility index (Phi) is 3.89. The molecule has 116 valence electrons. The Labute approximate surface area is 132 Å². The molecule has 1 aromatic heterocycles. The van der Waals surface area contributed by atoms with Crippen LogP contribution in [0.2, 0.25) is 0 Å². The van der Waals surface area contributed by atoms with E-state index in [1.165, 1.54) is 12.1 Å². The summed E-state index contributed by atoms with van der Waals surface area (Å²) < 4.78 is 18.8. The lowest BCUT2D eigenvalue weighted by Gasteiger charge is -2.07. The molecule has 0 spiro atoms. The minimum atomic E-state index is -0.462. The van der Waals surface area contributed by atoms with Gasteiger partial charge >= 0.3 is 0 Å². The first-order chi connectivity index (χ1) is 11.0. The fourth-order valence-electron chi connectivity index (χ4n) is 2.09. The van der Waals surface area contributed by atoms with Crippen molar-refractivity contribution in [2.24, 2.45) is 0 Å². The van der Waals surface area contributed by atoms with Crippen LogP contribution < -0.4 is 5.32 Å². The van der Waals surface area contributed by atoms with Crippen molar-refractivity contribution < 1.29 is 13.7 Å². The summed E-state index contributed by atoms with van der Waals surface area (Å²) in [5.41, 5.74) is 2.06. The van der Waals surface area contributed by atoms with Crippen molar-refractivity contribution in [2.75, 3.05) is 5.32 Å². The van der Waals surface area contributed by atoms with Gasteiger partial charge in [-0.15, -0.1) is 0 Å². The zero-order valence-electron chi connectivity index (χ0n) is 12.6. The van der Waals surface area contributed by atoms with Gasteiger partial charge in [-0.25, -0.2) is 4.39 Å². The average molecular weight is 311 g/mol. The van der Waals surface area contributed by atoms with E-state index in [0.717, 1.165) is 5.56 Å². The molecule has 0 saturated carbocycles. The van der Waals surface area contributed by atoms with Gasteiger partial charge in [-0.1, -0.05) is 11.2 Å². The highest BCUT2D eigenvalue weighted by molar-refractivity contribution is 6.04. The van der Waals surface area contributed by atoms with Crippen molar-refractivity contribution >= 4 is 11.6 Å². The summed E-state index contributed by atoms with van der Waals surface area (Å²) in [5, 5.41) is 6.27. The number of halogens is 1. The smallest absolute Gasteiger partial charge is 0.257 e. The number of nitrogens with zero attached hydrogens (tertiary/aromatic N) is 2. The van der Waals surface area contributed by atoms with Crippen LogP contribution in [0.1, 0.15) is 21.7 Å². The highest BCUT2D eigenvalue weighted by Gasteiger charge is 2.11. The van der Waals surface area contributed by atoms with E-state index in [0.29, 0.717) is 22.8 Å². The molecule has 0 aliphatic heterocycles. The van der Waals surface area contributed by atoms with Crippen molar-refractivity contribution in [3.63, 3.8) is 0 Å². The first-order valence-corrected chi connectivity index (χ1v) is 7.01. The molecule has 3 aromatic rings. The first kappa shape index (κ1) is 14.9. The maximum absolute atomic E-state index is 13.8. The summed E-state index contributed by atoms with van der Waals surface area (Å²) in [5.74, 6) is 0.0769. The Morgan fingerprint density at radius 2 is 1.87 bits per heavy atom. The third-order valence-corrected chi connectivity index (χ3v) is 3.29. The van der Waals surface area contributed by atoms with Gasteiger partial charge in [-0.3, -0.25) is 4.79 Å². The van der Waals surface area contributed by atoms with Crippen LogP contribution in [-0.4, -0.2) is 16.0 Å². The molecule has 6 heteroatoms. The van der Waals surface area contributed by atoms with Gasteiger partial charge in [0.2, 0.25) is 0 Å². The second kappa shape index (κ2) is 6.00. The molecule has 2 aromatic carbocycles. The van der Waals surface area contributed by atoms with Crippen molar-refractivity contribution in [1.29, 1.82) is 0 Å². The summed E-state index contributed by atoms with van der Waals surface area (Å²) >= 11 is 0. The number of benzene rings is 2. The Bertz CT molecular complexity index is 857. The van der Waals surface area contributed by atoms with Gasteiger partial charge in [0.05, 0.1) is 5.69 Å². The maximum Gasteiger partial charge on any atom is 0.257 e. The molecular formula is C17H14FN3O2. The summed E-state index contributed by atoms with van der Waals surface area (Å²) in [7, 11) is 0. The summed E-state index contributed by atoms with van der Waals surface area (Å²) in [6, 6.07) is 11.3. The number of hydrogen-bond donors (Lipinski definition) is 1. The molecule has 0 bridgehead atoms. The van der Waals surface area contributed by atoms with E-state index >= 15 is 0 Å². The Morgan fingerprint density at radius 1 is 1.13 bits per heavy atom. The molecule has 5 nitrogen and oxygen atoms in total. The van der Waals surface area contributed by atoms with E-state index in [4.69, 9.17) is 4.52 Å². The number of carbonyl (C=O) groups excluding carboxylic acids is 1. The monoisotopic (exact) mass is 311 g/mol. The summed E-state index contributed by atoms with van der Waals surface area (Å²) in [6.07, 6.45) is 0. The minimum absolute atomic E-state index is 0.150. The lowest BCUT2D eigenvalue weighted by molar-refractivity contribution is 0.102. The Morgan fingerprint density at radius 3 is 2.48 bits per heavy atom. The van der Waals surface area contributed by atoms with Gasteiger partial charge in [0.25, 0.3) is 11.8 Å². The van der Waals surface area contributed by atoms with Crippen LogP contribution in [0.5, 0.6) is 0 Å². The SMILES string of the molecule is Cc1ccc(NC(=O)c2ccc(-c3nc(C)no3)cc2)c(F)c1. The molecule has 3 rings (SSSR count). The molecule has 0 radical (unpaired) electrons. The van der Waals surface area contributed by atoms with Crippen LogP contribution in [-0.2, 0) is 0 Å².